The van der Waals surface area contributed by atoms with E-state index in [1.165, 1.54) is 12.1 Å². The van der Waals surface area contributed by atoms with Gasteiger partial charge in [-0.05, 0) is 24.6 Å². The minimum atomic E-state index is -3.85. The van der Waals surface area contributed by atoms with E-state index in [2.05, 4.69) is 21.8 Å². The summed E-state index contributed by atoms with van der Waals surface area (Å²) in [6, 6.07) is 15.9. The summed E-state index contributed by atoms with van der Waals surface area (Å²) in [5, 5.41) is 0. The van der Waals surface area contributed by atoms with Gasteiger partial charge in [0.15, 0.2) is 0 Å². The van der Waals surface area contributed by atoms with Crippen LogP contribution in [0.15, 0.2) is 65.6 Å². The Kier molecular flexibility index (Phi) is 6.49. The summed E-state index contributed by atoms with van der Waals surface area (Å²) >= 11 is 0. The molecule has 0 saturated carbocycles. The summed E-state index contributed by atoms with van der Waals surface area (Å²) in [6.45, 7) is 5.08. The average Bonchev–Trinajstić information content (AvgIpc) is 2.69. The first-order valence-corrected chi connectivity index (χ1v) is 10.7. The monoisotopic (exact) mass is 399 g/mol. The first kappa shape index (κ1) is 20.1. The van der Waals surface area contributed by atoms with Gasteiger partial charge in [0.1, 0.15) is 0 Å². The molecule has 0 aliphatic carbocycles. The minimum absolute atomic E-state index is 0.0936. The van der Waals surface area contributed by atoms with Crippen molar-refractivity contribution in [2.45, 2.75) is 11.8 Å². The van der Waals surface area contributed by atoms with Crippen LogP contribution in [0, 0.1) is 6.92 Å². The zero-order valence-corrected chi connectivity index (χ0v) is 16.7. The van der Waals surface area contributed by atoms with Gasteiger partial charge in [-0.1, -0.05) is 60.2 Å². The Morgan fingerprint density at radius 3 is 2.29 bits per heavy atom. The van der Waals surface area contributed by atoms with Crippen molar-refractivity contribution in [3.8, 4) is 0 Å². The molecule has 1 N–H and O–H groups in total. The molecule has 1 heterocycles. The summed E-state index contributed by atoms with van der Waals surface area (Å²) < 4.78 is 26.9. The third-order valence-electron chi connectivity index (χ3n) is 4.69. The van der Waals surface area contributed by atoms with Gasteiger partial charge >= 0.3 is 6.03 Å². The van der Waals surface area contributed by atoms with Gasteiger partial charge < -0.3 is 4.90 Å². The molecule has 0 spiro atoms. The zero-order valence-electron chi connectivity index (χ0n) is 15.9. The molecule has 0 radical (unpaired) electrons. The largest absolute Gasteiger partial charge is 0.331 e. The number of benzene rings is 2. The zero-order chi connectivity index (χ0) is 20.0. The van der Waals surface area contributed by atoms with Crippen molar-refractivity contribution in [1.29, 1.82) is 0 Å². The number of piperazine rings is 1. The van der Waals surface area contributed by atoms with Crippen LogP contribution < -0.4 is 4.72 Å². The maximum atomic E-state index is 12.4. The predicted molar refractivity (Wildman–Crippen MR) is 110 cm³/mol. The Balaban J connectivity index is 1.48. The Labute approximate surface area is 166 Å². The first-order valence-electron chi connectivity index (χ1n) is 9.26. The van der Waals surface area contributed by atoms with Crippen LogP contribution in [0.4, 0.5) is 4.79 Å². The Hall–Kier alpha value is -2.64. The molecule has 1 saturated heterocycles. The van der Waals surface area contributed by atoms with Gasteiger partial charge in [0.25, 0.3) is 10.0 Å². The van der Waals surface area contributed by atoms with Crippen LogP contribution in [0.5, 0.6) is 0 Å². The molecule has 7 heteroatoms. The number of amides is 2. The summed E-state index contributed by atoms with van der Waals surface area (Å²) in [6.07, 6.45) is 4.18. The van der Waals surface area contributed by atoms with E-state index < -0.39 is 16.1 Å². The molecule has 0 unspecified atom stereocenters. The molecular formula is C21H25N3O3S. The maximum absolute atomic E-state index is 12.4. The van der Waals surface area contributed by atoms with E-state index >= 15 is 0 Å². The van der Waals surface area contributed by atoms with Gasteiger partial charge in [0.2, 0.25) is 0 Å². The fourth-order valence-corrected chi connectivity index (χ4v) is 3.96. The molecule has 3 rings (SSSR count). The lowest BCUT2D eigenvalue weighted by molar-refractivity contribution is 0.150. The number of aryl methyl sites for hydroxylation is 1. The summed E-state index contributed by atoms with van der Waals surface area (Å²) in [7, 11) is -3.85. The van der Waals surface area contributed by atoms with Crippen LogP contribution in [-0.4, -0.2) is 57.0 Å². The van der Waals surface area contributed by atoms with E-state index in [-0.39, 0.29) is 4.90 Å². The van der Waals surface area contributed by atoms with Gasteiger partial charge in [-0.3, -0.25) is 4.90 Å². The number of carbonyl (C=O) groups excluding carboxylic acids is 1. The van der Waals surface area contributed by atoms with Gasteiger partial charge in [-0.15, -0.1) is 0 Å². The van der Waals surface area contributed by atoms with Gasteiger partial charge in [-0.2, -0.15) is 0 Å². The normalized spacial score (nSPS) is 15.7. The smallest absolute Gasteiger partial charge is 0.321 e. The molecule has 28 heavy (non-hydrogen) atoms. The highest BCUT2D eigenvalue weighted by Gasteiger charge is 2.25. The molecule has 2 amide bonds. The highest BCUT2D eigenvalue weighted by atomic mass is 32.2. The lowest BCUT2D eigenvalue weighted by Gasteiger charge is -2.33. The fourth-order valence-electron chi connectivity index (χ4n) is 2.99. The number of sulfonamides is 1. The lowest BCUT2D eigenvalue weighted by Crippen LogP contribution is -2.52. The number of nitrogens with one attached hydrogen (secondary N) is 1. The quantitative estimate of drug-likeness (QED) is 0.839. The SMILES string of the molecule is Cc1ccc(S(=O)(=O)NC(=O)N2CCN(C/C=C/c3ccccc3)CC2)cc1. The molecule has 6 nitrogen and oxygen atoms in total. The van der Waals surface area contributed by atoms with E-state index in [1.807, 2.05) is 37.3 Å². The minimum Gasteiger partial charge on any atom is -0.321 e. The van der Waals surface area contributed by atoms with Crippen molar-refractivity contribution in [3.05, 3.63) is 71.8 Å². The third-order valence-corrected chi connectivity index (χ3v) is 6.02. The van der Waals surface area contributed by atoms with Gasteiger partial charge in [0, 0.05) is 32.7 Å². The van der Waals surface area contributed by atoms with Crippen molar-refractivity contribution < 1.29 is 13.2 Å². The Morgan fingerprint density at radius 1 is 1.00 bits per heavy atom. The van der Waals surface area contributed by atoms with E-state index in [9.17, 15) is 13.2 Å². The Bertz CT molecular complexity index is 917. The van der Waals surface area contributed by atoms with Crippen molar-refractivity contribution in [2.24, 2.45) is 0 Å². The van der Waals surface area contributed by atoms with Gasteiger partial charge in [-0.25, -0.2) is 17.9 Å². The van der Waals surface area contributed by atoms with Crippen LogP contribution in [-0.2, 0) is 10.0 Å². The second-order valence-corrected chi connectivity index (χ2v) is 8.51. The van der Waals surface area contributed by atoms with Crippen LogP contribution >= 0.6 is 0 Å². The van der Waals surface area contributed by atoms with Crippen LogP contribution in [0.2, 0.25) is 0 Å². The molecule has 2 aromatic rings. The molecule has 0 atom stereocenters. The van der Waals surface area contributed by atoms with Crippen molar-refractivity contribution in [2.75, 3.05) is 32.7 Å². The summed E-state index contributed by atoms with van der Waals surface area (Å²) in [4.78, 5) is 16.2. The second-order valence-electron chi connectivity index (χ2n) is 6.82. The molecule has 1 aliphatic heterocycles. The highest BCUT2D eigenvalue weighted by molar-refractivity contribution is 7.90. The molecule has 1 aliphatic rings. The van der Waals surface area contributed by atoms with Crippen molar-refractivity contribution in [3.63, 3.8) is 0 Å². The summed E-state index contributed by atoms with van der Waals surface area (Å²) in [5.74, 6) is 0. The van der Waals surface area contributed by atoms with E-state index in [0.29, 0.717) is 26.2 Å². The molecule has 0 aromatic heterocycles. The van der Waals surface area contributed by atoms with Crippen molar-refractivity contribution in [1.82, 2.24) is 14.5 Å². The molecule has 148 valence electrons. The number of nitrogens with zero attached hydrogens (tertiary/aromatic N) is 2. The number of urea groups is 1. The average molecular weight is 400 g/mol. The van der Waals surface area contributed by atoms with E-state index in [4.69, 9.17) is 0 Å². The Morgan fingerprint density at radius 2 is 1.64 bits per heavy atom. The fraction of sp³-hybridized carbons (Fsp3) is 0.286. The highest BCUT2D eigenvalue weighted by Crippen LogP contribution is 2.11. The van der Waals surface area contributed by atoms with Crippen LogP contribution in [0.25, 0.3) is 6.08 Å². The number of hydrogen-bond acceptors (Lipinski definition) is 4. The van der Waals surface area contributed by atoms with Crippen LogP contribution in [0.3, 0.4) is 0 Å². The molecular weight excluding hydrogens is 374 g/mol. The van der Waals surface area contributed by atoms with E-state index in [0.717, 1.165) is 17.7 Å². The molecule has 1 fully saturated rings. The molecule has 2 aromatic carbocycles. The predicted octanol–water partition coefficient (Wildman–Crippen LogP) is 2.72. The van der Waals surface area contributed by atoms with E-state index in [1.54, 1.807) is 17.0 Å². The number of rotatable bonds is 5. The number of hydrogen-bond donors (Lipinski definition) is 1. The number of carbonyl (C=O) groups is 1. The topological polar surface area (TPSA) is 69.7 Å². The van der Waals surface area contributed by atoms with Crippen LogP contribution in [0.1, 0.15) is 11.1 Å². The second kappa shape index (κ2) is 9.03. The lowest BCUT2D eigenvalue weighted by atomic mass is 10.2. The standard InChI is InChI=1S/C21H25N3O3S/c1-18-9-11-20(12-10-18)28(26,27)22-21(25)24-16-14-23(15-17-24)13-5-8-19-6-3-2-4-7-19/h2-12H,13-17H2,1H3,(H,22,25)/b8-5+. The van der Waals surface area contributed by atoms with Gasteiger partial charge in [0.05, 0.1) is 4.90 Å². The molecule has 0 bridgehead atoms. The first-order chi connectivity index (χ1) is 13.4. The summed E-state index contributed by atoms with van der Waals surface area (Å²) in [5.41, 5.74) is 2.12. The third kappa shape index (κ3) is 5.43. The van der Waals surface area contributed by atoms with Crippen molar-refractivity contribution >= 4 is 22.1 Å². The maximum Gasteiger partial charge on any atom is 0.331 e.